The molecule has 0 radical (unpaired) electrons. The number of hydrogen-bond acceptors (Lipinski definition) is 4. The van der Waals surface area contributed by atoms with Gasteiger partial charge in [-0.3, -0.25) is 14.4 Å². The first kappa shape index (κ1) is 26.2. The molecule has 0 aromatic carbocycles. The van der Waals surface area contributed by atoms with Gasteiger partial charge in [0.15, 0.2) is 0 Å². The van der Waals surface area contributed by atoms with Gasteiger partial charge >= 0.3 is 11.9 Å². The van der Waals surface area contributed by atoms with Gasteiger partial charge < -0.3 is 9.84 Å². The summed E-state index contributed by atoms with van der Waals surface area (Å²) in [5.74, 6) is 0.599. The smallest absolute Gasteiger partial charge is 0.309 e. The fourth-order valence-corrected chi connectivity index (χ4v) is 11.8. The van der Waals surface area contributed by atoms with Crippen molar-refractivity contribution in [3.8, 4) is 0 Å². The number of ether oxygens (including phenoxy) is 1. The Morgan fingerprint density at radius 3 is 2.06 bits per heavy atom. The van der Waals surface area contributed by atoms with E-state index in [0.29, 0.717) is 30.6 Å². The zero-order valence-corrected chi connectivity index (χ0v) is 23.6. The lowest BCUT2D eigenvalue weighted by atomic mass is 9.32. The number of Topliss-reactive ketones (excluding diaryl/α,β-unsaturated/α-hetero) is 1. The topological polar surface area (TPSA) is 80.7 Å². The zero-order chi connectivity index (χ0) is 26.5. The van der Waals surface area contributed by atoms with Crippen molar-refractivity contribution in [2.45, 2.75) is 119 Å². The van der Waals surface area contributed by atoms with Crippen LogP contribution in [0, 0.1) is 56.7 Å². The molecule has 0 bridgehead atoms. The van der Waals surface area contributed by atoms with E-state index in [9.17, 15) is 19.5 Å². The summed E-state index contributed by atoms with van der Waals surface area (Å²) >= 11 is 0. The lowest BCUT2D eigenvalue weighted by molar-refractivity contribution is -0.250. The first-order valence-corrected chi connectivity index (χ1v) is 14.6. The molecule has 5 aliphatic carbocycles. The second kappa shape index (κ2) is 8.06. The van der Waals surface area contributed by atoms with Crippen molar-refractivity contribution in [3.63, 3.8) is 0 Å². The first-order chi connectivity index (χ1) is 16.6. The predicted octanol–water partition coefficient (Wildman–Crippen LogP) is 6.67. The zero-order valence-electron chi connectivity index (χ0n) is 23.6. The lowest BCUT2D eigenvalue weighted by Crippen LogP contribution is -2.67. The number of ketones is 1. The van der Waals surface area contributed by atoms with Crippen LogP contribution in [0.25, 0.3) is 0 Å². The molecular formula is C31H48O5. The van der Waals surface area contributed by atoms with E-state index >= 15 is 0 Å². The highest BCUT2D eigenvalue weighted by Crippen LogP contribution is 2.77. The van der Waals surface area contributed by atoms with Gasteiger partial charge in [0, 0.05) is 18.3 Å². The highest BCUT2D eigenvalue weighted by atomic mass is 16.5. The van der Waals surface area contributed by atoms with Crippen molar-refractivity contribution < 1.29 is 24.2 Å². The van der Waals surface area contributed by atoms with Gasteiger partial charge in [-0.1, -0.05) is 34.6 Å². The highest BCUT2D eigenvalue weighted by Gasteiger charge is 2.72. The Kier molecular flexibility index (Phi) is 5.87. The van der Waals surface area contributed by atoms with Crippen LogP contribution in [0.4, 0.5) is 0 Å². The highest BCUT2D eigenvalue weighted by molar-refractivity contribution is 5.83. The second-order valence-electron chi connectivity index (χ2n) is 14.9. The molecular weight excluding hydrogens is 452 g/mol. The summed E-state index contributed by atoms with van der Waals surface area (Å²) in [4.78, 5) is 37.4. The van der Waals surface area contributed by atoms with E-state index in [0.717, 1.165) is 51.4 Å². The van der Waals surface area contributed by atoms with Crippen LogP contribution in [-0.4, -0.2) is 28.9 Å². The molecule has 0 heterocycles. The van der Waals surface area contributed by atoms with E-state index in [4.69, 9.17) is 4.74 Å². The molecule has 0 spiro atoms. The van der Waals surface area contributed by atoms with Crippen LogP contribution in [0.1, 0.15) is 113 Å². The van der Waals surface area contributed by atoms with Gasteiger partial charge in [-0.05, 0) is 111 Å². The molecule has 5 aliphatic rings. The van der Waals surface area contributed by atoms with Gasteiger partial charge in [-0.2, -0.15) is 0 Å². The van der Waals surface area contributed by atoms with E-state index in [-0.39, 0.29) is 51.4 Å². The molecule has 0 aliphatic heterocycles. The third kappa shape index (κ3) is 3.16. The fraction of sp³-hybridized carbons (Fsp3) is 0.903. The maximum atomic E-state index is 12.8. The molecule has 0 aromatic rings. The lowest BCUT2D eigenvalue weighted by Gasteiger charge is -2.72. The minimum atomic E-state index is -0.713. The second-order valence-corrected chi connectivity index (χ2v) is 14.9. The number of hydrogen-bond donors (Lipinski definition) is 1. The Bertz CT molecular complexity index is 970. The molecule has 202 valence electrons. The molecule has 10 atom stereocenters. The summed E-state index contributed by atoms with van der Waals surface area (Å²) in [6.07, 6.45) is 9.47. The third-order valence-electron chi connectivity index (χ3n) is 13.6. The molecule has 36 heavy (non-hydrogen) atoms. The van der Waals surface area contributed by atoms with Gasteiger partial charge in [0.1, 0.15) is 11.9 Å². The molecule has 5 saturated carbocycles. The number of carboxylic acids is 1. The quantitative estimate of drug-likeness (QED) is 0.438. The van der Waals surface area contributed by atoms with Crippen molar-refractivity contribution in [1.82, 2.24) is 0 Å². The number of carbonyl (C=O) groups excluding carboxylic acids is 2. The number of fused-ring (bicyclic) bond motifs is 7. The van der Waals surface area contributed by atoms with Crippen molar-refractivity contribution in [1.29, 1.82) is 0 Å². The fourth-order valence-electron chi connectivity index (χ4n) is 11.8. The number of carbonyl (C=O) groups is 3. The van der Waals surface area contributed by atoms with Crippen LogP contribution in [-0.2, 0) is 19.1 Å². The molecule has 5 nitrogen and oxygen atoms in total. The van der Waals surface area contributed by atoms with Crippen LogP contribution in [0.15, 0.2) is 0 Å². The molecule has 0 amide bonds. The predicted molar refractivity (Wildman–Crippen MR) is 138 cm³/mol. The largest absolute Gasteiger partial charge is 0.481 e. The number of aliphatic carboxylic acids is 1. The maximum Gasteiger partial charge on any atom is 0.309 e. The van der Waals surface area contributed by atoms with Crippen LogP contribution in [0.2, 0.25) is 0 Å². The number of carboxylic acid groups (broad SMARTS) is 1. The molecule has 4 unspecified atom stereocenters. The molecule has 0 saturated heterocycles. The van der Waals surface area contributed by atoms with Gasteiger partial charge in [0.2, 0.25) is 0 Å². The Labute approximate surface area is 217 Å². The van der Waals surface area contributed by atoms with Gasteiger partial charge in [-0.15, -0.1) is 0 Å². The molecule has 5 heteroatoms. The van der Waals surface area contributed by atoms with Crippen LogP contribution >= 0.6 is 0 Å². The molecule has 5 rings (SSSR count). The minimum Gasteiger partial charge on any atom is -0.481 e. The van der Waals surface area contributed by atoms with Gasteiger partial charge in [0.25, 0.3) is 0 Å². The van der Waals surface area contributed by atoms with E-state index < -0.39 is 11.4 Å². The van der Waals surface area contributed by atoms with E-state index in [1.807, 2.05) is 0 Å². The van der Waals surface area contributed by atoms with Crippen molar-refractivity contribution >= 4 is 17.7 Å². The Hall–Kier alpha value is -1.39. The molecule has 0 aromatic heterocycles. The van der Waals surface area contributed by atoms with Crippen molar-refractivity contribution in [2.75, 3.05) is 0 Å². The summed E-state index contributed by atoms with van der Waals surface area (Å²) in [7, 11) is 0. The number of esters is 1. The van der Waals surface area contributed by atoms with Crippen molar-refractivity contribution in [2.24, 2.45) is 56.7 Å². The van der Waals surface area contributed by atoms with Crippen molar-refractivity contribution in [3.05, 3.63) is 0 Å². The Morgan fingerprint density at radius 2 is 1.44 bits per heavy atom. The average Bonchev–Trinajstić information content (AvgIpc) is 3.17. The first-order valence-electron chi connectivity index (χ1n) is 14.6. The van der Waals surface area contributed by atoms with E-state index in [1.54, 1.807) is 6.92 Å². The maximum absolute atomic E-state index is 12.8. The number of rotatable bonds is 3. The monoisotopic (exact) mass is 500 g/mol. The molecule has 1 N–H and O–H groups in total. The Morgan fingerprint density at radius 1 is 0.750 bits per heavy atom. The summed E-state index contributed by atoms with van der Waals surface area (Å²) in [6, 6.07) is 0. The summed E-state index contributed by atoms with van der Waals surface area (Å²) in [5.41, 5.74) is -0.427. The minimum absolute atomic E-state index is 0.0225. The molecule has 5 fully saturated rings. The normalized spacial score (nSPS) is 51.2. The third-order valence-corrected chi connectivity index (χ3v) is 13.6. The van der Waals surface area contributed by atoms with E-state index in [1.165, 1.54) is 6.92 Å². The van der Waals surface area contributed by atoms with Crippen LogP contribution < -0.4 is 0 Å². The van der Waals surface area contributed by atoms with Crippen LogP contribution in [0.3, 0.4) is 0 Å². The van der Waals surface area contributed by atoms with E-state index in [2.05, 4.69) is 34.6 Å². The van der Waals surface area contributed by atoms with Gasteiger partial charge in [-0.25, -0.2) is 0 Å². The summed E-state index contributed by atoms with van der Waals surface area (Å²) < 4.78 is 5.86. The summed E-state index contributed by atoms with van der Waals surface area (Å²) in [5, 5.41) is 10.5. The SMILES string of the molecule is CC(=O)O[C@@H]1CC[C@@]2(C)C(CC[C@]3(C)C2CCC2C4[C@H](C(C)=O)CC[C@]4(C(=O)O)CC[C@]23C)C1(C)C. The average molecular weight is 501 g/mol. The standard InChI is InChI=1S/C31H48O5/c1-18(32)20-10-15-31(26(34)35)17-16-29(6)21(25(20)31)8-9-23-28(5)13-12-24(36-19(2)33)27(3,4)22(28)11-14-30(23,29)7/h20-25H,8-17H2,1-7H3,(H,34,35)/t20-,21?,22?,23?,24+,25?,28-,29+,30+,31-/m0/s1. The summed E-state index contributed by atoms with van der Waals surface area (Å²) in [6.45, 7) is 15.4. The van der Waals surface area contributed by atoms with Crippen LogP contribution in [0.5, 0.6) is 0 Å². The Balaban J connectivity index is 1.52. The van der Waals surface area contributed by atoms with Gasteiger partial charge in [0.05, 0.1) is 5.41 Å².